The molecule has 0 nitrogen and oxygen atoms in total. The minimum atomic E-state index is 1.01. The van der Waals surface area contributed by atoms with Gasteiger partial charge in [0.15, 0.2) is 0 Å². The molecule has 0 spiro atoms. The van der Waals surface area contributed by atoms with Crippen LogP contribution in [-0.4, -0.2) is 0 Å². The van der Waals surface area contributed by atoms with E-state index in [1.807, 2.05) is 0 Å². The highest BCUT2D eigenvalue weighted by molar-refractivity contribution is 5.01. The van der Waals surface area contributed by atoms with Gasteiger partial charge in [-0.2, -0.15) is 0 Å². The first-order valence-corrected chi connectivity index (χ1v) is 19.5. The molecule has 11 atom stereocenters. The average Bonchev–Trinajstić information content (AvgIpc) is 3.64. The van der Waals surface area contributed by atoms with E-state index in [-0.39, 0.29) is 0 Å². The Bertz CT molecular complexity index is 716. The van der Waals surface area contributed by atoms with Crippen LogP contribution in [0.15, 0.2) is 0 Å². The number of hydrogen-bond donors (Lipinski definition) is 0. The van der Waals surface area contributed by atoms with Gasteiger partial charge in [0.25, 0.3) is 0 Å². The van der Waals surface area contributed by atoms with E-state index in [2.05, 4.69) is 34.6 Å². The van der Waals surface area contributed by atoms with Gasteiger partial charge in [-0.1, -0.05) is 112 Å². The van der Waals surface area contributed by atoms with Crippen molar-refractivity contribution in [2.45, 2.75) is 176 Å². The lowest BCUT2D eigenvalue weighted by Crippen LogP contribution is -2.49. The van der Waals surface area contributed by atoms with Crippen molar-refractivity contribution in [2.75, 3.05) is 0 Å². The smallest absolute Gasteiger partial charge is 0.0318 e. The van der Waals surface area contributed by atoms with Gasteiger partial charge in [-0.25, -0.2) is 0 Å². The summed E-state index contributed by atoms with van der Waals surface area (Å²) in [7, 11) is 0. The van der Waals surface area contributed by atoms with Crippen LogP contribution >= 0.6 is 0 Å². The van der Waals surface area contributed by atoms with Crippen LogP contribution in [0.4, 0.5) is 0 Å². The molecule has 6 aliphatic carbocycles. The predicted octanol–water partition coefficient (Wildman–Crippen LogP) is 12.7. The maximum atomic E-state index is 2.66. The van der Waals surface area contributed by atoms with Gasteiger partial charge in [-0.3, -0.25) is 0 Å². The maximum absolute atomic E-state index is 2.66. The van der Waals surface area contributed by atoms with Crippen molar-refractivity contribution in [1.29, 1.82) is 0 Å². The van der Waals surface area contributed by atoms with E-state index < -0.39 is 0 Å². The van der Waals surface area contributed by atoms with E-state index >= 15 is 0 Å². The molecule has 0 radical (unpaired) electrons. The molecule has 6 saturated carbocycles. The van der Waals surface area contributed by atoms with Gasteiger partial charge < -0.3 is 0 Å². The van der Waals surface area contributed by atoms with Gasteiger partial charge >= 0.3 is 0 Å². The SMILES string of the molecule is CCC1CCC(C2CCC(C)C2)CC1.CCCCC1C(C)CC2CCCC2C1C1C(CC)CCC2CCCCC21. The first-order valence-electron chi connectivity index (χ1n) is 19.5. The van der Waals surface area contributed by atoms with E-state index in [4.69, 9.17) is 0 Å². The molecule has 6 aliphatic rings. The molecule has 0 heterocycles. The van der Waals surface area contributed by atoms with Crippen molar-refractivity contribution < 1.29 is 0 Å². The Balaban J connectivity index is 0.000000194. The fraction of sp³-hybridized carbons (Fsp3) is 1.00. The van der Waals surface area contributed by atoms with Gasteiger partial charge in [0, 0.05) is 0 Å². The molecule has 0 aromatic heterocycles. The van der Waals surface area contributed by atoms with Gasteiger partial charge in [0.2, 0.25) is 0 Å². The lowest BCUT2D eigenvalue weighted by Gasteiger charge is -2.56. The monoisotopic (exact) mass is 553 g/mol. The zero-order valence-corrected chi connectivity index (χ0v) is 28.1. The van der Waals surface area contributed by atoms with Crippen LogP contribution in [-0.2, 0) is 0 Å². The molecule has 0 aromatic carbocycles. The third-order valence-corrected chi connectivity index (χ3v) is 14.8. The second kappa shape index (κ2) is 15.1. The zero-order chi connectivity index (χ0) is 28.1. The van der Waals surface area contributed by atoms with E-state index in [9.17, 15) is 0 Å². The Morgan fingerprint density at radius 1 is 0.525 bits per heavy atom. The minimum absolute atomic E-state index is 1.01. The molecule has 0 bridgehead atoms. The van der Waals surface area contributed by atoms with E-state index in [0.717, 1.165) is 76.9 Å². The molecule has 0 heteroatoms. The molecular formula is C40H72. The summed E-state index contributed by atoms with van der Waals surface area (Å²) in [5.74, 6) is 14.1. The van der Waals surface area contributed by atoms with Crippen molar-refractivity contribution in [2.24, 2.45) is 76.9 Å². The highest BCUT2D eigenvalue weighted by atomic mass is 14.6. The minimum Gasteiger partial charge on any atom is -0.0654 e. The fourth-order valence-electron chi connectivity index (χ4n) is 12.6. The summed E-state index contributed by atoms with van der Waals surface area (Å²) in [6.07, 6.45) is 33.8. The summed E-state index contributed by atoms with van der Waals surface area (Å²) < 4.78 is 0. The number of fused-ring (bicyclic) bond motifs is 2. The largest absolute Gasteiger partial charge is 0.0654 e. The predicted molar refractivity (Wildman–Crippen MR) is 175 cm³/mol. The maximum Gasteiger partial charge on any atom is -0.0318 e. The Hall–Kier alpha value is 0. The molecule has 0 amide bonds. The lowest BCUT2D eigenvalue weighted by molar-refractivity contribution is -0.0713. The summed E-state index contributed by atoms with van der Waals surface area (Å²) in [4.78, 5) is 0. The zero-order valence-electron chi connectivity index (χ0n) is 28.1. The summed E-state index contributed by atoms with van der Waals surface area (Å²) in [5, 5.41) is 0. The van der Waals surface area contributed by atoms with Gasteiger partial charge in [0.05, 0.1) is 0 Å². The Kier molecular flexibility index (Phi) is 11.9. The first kappa shape index (κ1) is 31.4. The Morgan fingerprint density at radius 3 is 1.90 bits per heavy atom. The van der Waals surface area contributed by atoms with E-state index in [1.54, 1.807) is 89.9 Å². The molecule has 0 aromatic rings. The van der Waals surface area contributed by atoms with Crippen molar-refractivity contribution in [1.82, 2.24) is 0 Å². The third kappa shape index (κ3) is 7.20. The molecule has 0 saturated heterocycles. The molecule has 0 N–H and O–H groups in total. The summed E-state index contributed by atoms with van der Waals surface area (Å²) in [6, 6.07) is 0. The summed E-state index contributed by atoms with van der Waals surface area (Å²) >= 11 is 0. The Morgan fingerprint density at radius 2 is 1.20 bits per heavy atom. The molecule has 40 heavy (non-hydrogen) atoms. The quantitative estimate of drug-likeness (QED) is 0.294. The molecule has 6 rings (SSSR count). The third-order valence-electron chi connectivity index (χ3n) is 14.8. The van der Waals surface area contributed by atoms with Crippen LogP contribution in [0.2, 0.25) is 0 Å². The fourth-order valence-corrected chi connectivity index (χ4v) is 12.6. The van der Waals surface area contributed by atoms with Crippen LogP contribution in [0.25, 0.3) is 0 Å². The molecule has 11 unspecified atom stereocenters. The van der Waals surface area contributed by atoms with Crippen LogP contribution in [0.1, 0.15) is 176 Å². The number of hydrogen-bond acceptors (Lipinski definition) is 0. The van der Waals surface area contributed by atoms with Crippen molar-refractivity contribution >= 4 is 0 Å². The van der Waals surface area contributed by atoms with Crippen molar-refractivity contribution in [3.63, 3.8) is 0 Å². The van der Waals surface area contributed by atoms with Gasteiger partial charge in [-0.15, -0.1) is 0 Å². The summed E-state index contributed by atoms with van der Waals surface area (Å²) in [6.45, 7) is 12.4. The molecule has 232 valence electrons. The van der Waals surface area contributed by atoms with Crippen LogP contribution in [0.5, 0.6) is 0 Å². The van der Waals surface area contributed by atoms with Gasteiger partial charge in [0.1, 0.15) is 0 Å². The topological polar surface area (TPSA) is 0 Å². The lowest BCUT2D eigenvalue weighted by atomic mass is 9.49. The molecular weight excluding hydrogens is 480 g/mol. The van der Waals surface area contributed by atoms with E-state index in [0.29, 0.717) is 0 Å². The molecule has 6 fully saturated rings. The standard InChI is InChI=1S/C26H46.C14H26/c1-4-6-12-22-18(3)17-21-11-9-14-24(21)26(22)25-19(5-2)15-16-20-10-7-8-13-23(20)25;1-3-12-5-8-13(9-6-12)14-7-4-11(2)10-14/h18-26H,4-17H2,1-3H3;11-14H,3-10H2,1-2H3. The van der Waals surface area contributed by atoms with Crippen LogP contribution < -0.4 is 0 Å². The molecule has 0 aliphatic heterocycles. The van der Waals surface area contributed by atoms with Crippen LogP contribution in [0, 0.1) is 76.9 Å². The van der Waals surface area contributed by atoms with Crippen LogP contribution in [0.3, 0.4) is 0 Å². The summed E-state index contributed by atoms with van der Waals surface area (Å²) in [5.41, 5.74) is 0. The van der Waals surface area contributed by atoms with Gasteiger partial charge in [-0.05, 0) is 141 Å². The second-order valence-corrected chi connectivity index (χ2v) is 16.9. The van der Waals surface area contributed by atoms with Crippen molar-refractivity contribution in [3.8, 4) is 0 Å². The second-order valence-electron chi connectivity index (χ2n) is 16.9. The normalized spacial score (nSPS) is 47.2. The first-order chi connectivity index (χ1) is 19.5. The highest BCUT2D eigenvalue weighted by Crippen LogP contribution is 2.60. The van der Waals surface area contributed by atoms with Crippen molar-refractivity contribution in [3.05, 3.63) is 0 Å². The Labute approximate surface area is 252 Å². The number of unbranched alkanes of at least 4 members (excludes halogenated alkanes) is 1. The number of rotatable bonds is 7. The average molecular weight is 553 g/mol. The van der Waals surface area contributed by atoms with E-state index in [1.165, 1.54) is 51.4 Å². The highest BCUT2D eigenvalue weighted by Gasteiger charge is 2.52.